The molecule has 1 heterocycles. The van der Waals surface area contributed by atoms with Gasteiger partial charge in [0.1, 0.15) is 18.2 Å². The standard InChI is InChI=1S/C20H20FN3O2/c1-2-24-12-11-22-19(20(24)25)23-13-15-7-9-17(10-8-15)26-14-16-5-3-4-6-18(16)21/h3-12H,2,13-14H2,1H3,(H,22,23). The van der Waals surface area contributed by atoms with E-state index in [0.29, 0.717) is 30.2 Å². The van der Waals surface area contributed by atoms with E-state index in [1.54, 1.807) is 35.2 Å². The van der Waals surface area contributed by atoms with Gasteiger partial charge in [0, 0.05) is 31.0 Å². The first-order valence-electron chi connectivity index (χ1n) is 8.42. The van der Waals surface area contributed by atoms with E-state index in [9.17, 15) is 9.18 Å². The van der Waals surface area contributed by atoms with E-state index in [1.165, 1.54) is 6.07 Å². The zero-order valence-corrected chi connectivity index (χ0v) is 14.5. The van der Waals surface area contributed by atoms with Crippen LogP contribution in [0.1, 0.15) is 18.1 Å². The molecule has 3 aromatic rings. The lowest BCUT2D eigenvalue weighted by Crippen LogP contribution is -2.23. The Labute approximate surface area is 151 Å². The molecule has 0 fully saturated rings. The van der Waals surface area contributed by atoms with Crippen LogP contribution in [0.5, 0.6) is 5.75 Å². The molecule has 0 bridgehead atoms. The predicted molar refractivity (Wildman–Crippen MR) is 98.7 cm³/mol. The average molecular weight is 353 g/mol. The van der Waals surface area contributed by atoms with Crippen molar-refractivity contribution >= 4 is 5.82 Å². The van der Waals surface area contributed by atoms with Crippen molar-refractivity contribution < 1.29 is 9.13 Å². The summed E-state index contributed by atoms with van der Waals surface area (Å²) in [5.74, 6) is 0.707. The first-order chi connectivity index (χ1) is 12.7. The van der Waals surface area contributed by atoms with Gasteiger partial charge in [0.05, 0.1) is 0 Å². The summed E-state index contributed by atoms with van der Waals surface area (Å²) >= 11 is 0. The molecule has 1 aromatic heterocycles. The fourth-order valence-electron chi connectivity index (χ4n) is 2.48. The minimum absolute atomic E-state index is 0.139. The summed E-state index contributed by atoms with van der Waals surface area (Å²) in [6, 6.07) is 14.0. The highest BCUT2D eigenvalue weighted by molar-refractivity contribution is 5.34. The zero-order valence-electron chi connectivity index (χ0n) is 14.5. The van der Waals surface area contributed by atoms with E-state index in [4.69, 9.17) is 4.74 Å². The Morgan fingerprint density at radius 3 is 2.65 bits per heavy atom. The second kappa shape index (κ2) is 8.29. The van der Waals surface area contributed by atoms with Gasteiger partial charge in [0.15, 0.2) is 5.82 Å². The fourth-order valence-corrected chi connectivity index (χ4v) is 2.48. The average Bonchev–Trinajstić information content (AvgIpc) is 2.67. The number of aromatic nitrogens is 2. The third-order valence-electron chi connectivity index (χ3n) is 3.99. The van der Waals surface area contributed by atoms with Gasteiger partial charge in [-0.3, -0.25) is 4.79 Å². The van der Waals surface area contributed by atoms with Crippen LogP contribution in [-0.2, 0) is 19.7 Å². The molecule has 26 heavy (non-hydrogen) atoms. The molecule has 0 saturated carbocycles. The van der Waals surface area contributed by atoms with Crippen molar-refractivity contribution in [2.75, 3.05) is 5.32 Å². The number of anilines is 1. The van der Waals surface area contributed by atoms with Crippen molar-refractivity contribution in [2.45, 2.75) is 26.6 Å². The molecule has 134 valence electrons. The molecule has 0 atom stereocenters. The first-order valence-corrected chi connectivity index (χ1v) is 8.42. The van der Waals surface area contributed by atoms with Gasteiger partial charge in [-0.2, -0.15) is 0 Å². The van der Waals surface area contributed by atoms with Gasteiger partial charge < -0.3 is 14.6 Å². The molecule has 0 aliphatic carbocycles. The van der Waals surface area contributed by atoms with E-state index in [-0.39, 0.29) is 18.0 Å². The van der Waals surface area contributed by atoms with Crippen LogP contribution in [-0.4, -0.2) is 9.55 Å². The number of hydrogen-bond acceptors (Lipinski definition) is 4. The molecule has 0 radical (unpaired) electrons. The van der Waals surface area contributed by atoms with Gasteiger partial charge in [-0.15, -0.1) is 0 Å². The molecule has 5 nitrogen and oxygen atoms in total. The van der Waals surface area contributed by atoms with Gasteiger partial charge in [-0.1, -0.05) is 30.3 Å². The Bertz CT molecular complexity index is 923. The molecule has 1 N–H and O–H groups in total. The molecular formula is C20H20FN3O2. The fraction of sp³-hybridized carbons (Fsp3) is 0.200. The molecule has 0 spiro atoms. The maximum atomic E-state index is 13.6. The second-order valence-electron chi connectivity index (χ2n) is 5.74. The molecule has 6 heteroatoms. The monoisotopic (exact) mass is 353 g/mol. The van der Waals surface area contributed by atoms with Crippen LogP contribution in [0.4, 0.5) is 10.2 Å². The minimum Gasteiger partial charge on any atom is -0.489 e. The number of nitrogens with zero attached hydrogens (tertiary/aromatic N) is 2. The Kier molecular flexibility index (Phi) is 5.63. The van der Waals surface area contributed by atoms with Gasteiger partial charge in [-0.05, 0) is 30.7 Å². The maximum Gasteiger partial charge on any atom is 0.293 e. The van der Waals surface area contributed by atoms with Crippen molar-refractivity contribution in [1.29, 1.82) is 0 Å². The van der Waals surface area contributed by atoms with E-state index in [2.05, 4.69) is 10.3 Å². The lowest BCUT2D eigenvalue weighted by molar-refractivity contribution is 0.300. The third kappa shape index (κ3) is 4.27. The number of ether oxygens (including phenoxy) is 1. The third-order valence-corrected chi connectivity index (χ3v) is 3.99. The molecular weight excluding hydrogens is 333 g/mol. The summed E-state index contributed by atoms with van der Waals surface area (Å²) in [6.45, 7) is 3.16. The first kappa shape index (κ1) is 17.7. The number of benzene rings is 2. The van der Waals surface area contributed by atoms with Crippen LogP contribution >= 0.6 is 0 Å². The summed E-state index contributed by atoms with van der Waals surface area (Å²) in [5.41, 5.74) is 1.36. The van der Waals surface area contributed by atoms with Crippen LogP contribution in [0.15, 0.2) is 65.7 Å². The molecule has 0 saturated heterocycles. The van der Waals surface area contributed by atoms with E-state index in [0.717, 1.165) is 5.56 Å². The van der Waals surface area contributed by atoms with Crippen molar-refractivity contribution in [3.8, 4) is 5.75 Å². The van der Waals surface area contributed by atoms with E-state index < -0.39 is 0 Å². The number of halogens is 1. The Morgan fingerprint density at radius 2 is 1.92 bits per heavy atom. The van der Waals surface area contributed by atoms with Gasteiger partial charge in [0.25, 0.3) is 5.56 Å². The number of aryl methyl sites for hydroxylation is 1. The molecule has 2 aromatic carbocycles. The summed E-state index contributed by atoms with van der Waals surface area (Å²) in [6.07, 6.45) is 3.27. The predicted octanol–water partition coefficient (Wildman–Crippen LogP) is 3.59. The molecule has 0 aliphatic heterocycles. The number of nitrogens with one attached hydrogen (secondary N) is 1. The van der Waals surface area contributed by atoms with Crippen LogP contribution in [0.2, 0.25) is 0 Å². The van der Waals surface area contributed by atoms with Gasteiger partial charge in [-0.25, -0.2) is 9.37 Å². The highest BCUT2D eigenvalue weighted by Crippen LogP contribution is 2.16. The van der Waals surface area contributed by atoms with E-state index >= 15 is 0 Å². The number of hydrogen-bond donors (Lipinski definition) is 1. The quantitative estimate of drug-likeness (QED) is 0.705. The van der Waals surface area contributed by atoms with Crippen molar-refractivity contribution in [3.63, 3.8) is 0 Å². The zero-order chi connectivity index (χ0) is 18.4. The van der Waals surface area contributed by atoms with Crippen LogP contribution in [0.3, 0.4) is 0 Å². The normalized spacial score (nSPS) is 10.5. The number of rotatable bonds is 7. The SMILES string of the molecule is CCn1ccnc(NCc2ccc(OCc3ccccc3F)cc2)c1=O. The molecule has 0 amide bonds. The molecule has 0 aliphatic rings. The minimum atomic E-state index is -0.276. The molecule has 3 rings (SSSR count). The highest BCUT2D eigenvalue weighted by atomic mass is 19.1. The van der Waals surface area contributed by atoms with Crippen molar-refractivity contribution in [1.82, 2.24) is 9.55 Å². The van der Waals surface area contributed by atoms with Crippen LogP contribution < -0.4 is 15.6 Å². The van der Waals surface area contributed by atoms with Gasteiger partial charge in [0.2, 0.25) is 0 Å². The van der Waals surface area contributed by atoms with E-state index in [1.807, 2.05) is 31.2 Å². The Balaban J connectivity index is 1.58. The smallest absolute Gasteiger partial charge is 0.293 e. The summed E-state index contributed by atoms with van der Waals surface area (Å²) in [5, 5.41) is 3.05. The lowest BCUT2D eigenvalue weighted by atomic mass is 10.2. The Morgan fingerprint density at radius 1 is 1.15 bits per heavy atom. The maximum absolute atomic E-state index is 13.6. The van der Waals surface area contributed by atoms with Gasteiger partial charge >= 0.3 is 0 Å². The highest BCUT2D eigenvalue weighted by Gasteiger charge is 2.04. The summed E-state index contributed by atoms with van der Waals surface area (Å²) < 4.78 is 20.8. The lowest BCUT2D eigenvalue weighted by Gasteiger charge is -2.09. The van der Waals surface area contributed by atoms with Crippen molar-refractivity contribution in [2.24, 2.45) is 0 Å². The largest absolute Gasteiger partial charge is 0.489 e. The Hall–Kier alpha value is -3.15. The summed E-state index contributed by atoms with van der Waals surface area (Å²) in [7, 11) is 0. The topological polar surface area (TPSA) is 56.1 Å². The van der Waals surface area contributed by atoms with Crippen LogP contribution in [0.25, 0.3) is 0 Å². The molecule has 0 unspecified atom stereocenters. The van der Waals surface area contributed by atoms with Crippen LogP contribution in [0, 0.1) is 5.82 Å². The summed E-state index contributed by atoms with van der Waals surface area (Å²) in [4.78, 5) is 16.2. The van der Waals surface area contributed by atoms with Crippen molar-refractivity contribution in [3.05, 3.63) is 88.2 Å². The second-order valence-corrected chi connectivity index (χ2v) is 5.74.